The van der Waals surface area contributed by atoms with Crippen molar-refractivity contribution in [3.8, 4) is 0 Å². The SMILES string of the molecule is Cc1cc(CNC(=O)C(C)NS(=O)(=O)c2ccccc2C(F)(F)F)ccc1F. The minimum absolute atomic E-state index is 0.00512. The van der Waals surface area contributed by atoms with Crippen LogP contribution < -0.4 is 10.0 Å². The summed E-state index contributed by atoms with van der Waals surface area (Å²) in [5.41, 5.74) is -0.356. The number of sulfonamides is 1. The van der Waals surface area contributed by atoms with Crippen LogP contribution in [0.3, 0.4) is 0 Å². The van der Waals surface area contributed by atoms with Crippen LogP contribution in [0.25, 0.3) is 0 Å². The maximum absolute atomic E-state index is 13.2. The van der Waals surface area contributed by atoms with E-state index in [1.165, 1.54) is 25.1 Å². The van der Waals surface area contributed by atoms with Gasteiger partial charge in [-0.25, -0.2) is 12.8 Å². The molecule has 0 aliphatic carbocycles. The standard InChI is InChI=1S/C18H18F4N2O3S/c1-11-9-13(7-8-15(11)19)10-23-17(25)12(2)24-28(26,27)16-6-4-3-5-14(16)18(20,21)22/h3-9,12,24H,10H2,1-2H3,(H,23,25). The quantitative estimate of drug-likeness (QED) is 0.708. The summed E-state index contributed by atoms with van der Waals surface area (Å²) in [6, 6.07) is 6.58. The predicted molar refractivity (Wildman–Crippen MR) is 94.2 cm³/mol. The van der Waals surface area contributed by atoms with Crippen molar-refractivity contribution in [2.45, 2.75) is 37.5 Å². The molecule has 2 aromatic rings. The summed E-state index contributed by atoms with van der Waals surface area (Å²) in [6.45, 7) is 2.76. The zero-order valence-electron chi connectivity index (χ0n) is 15.0. The van der Waals surface area contributed by atoms with Crippen LogP contribution in [-0.4, -0.2) is 20.4 Å². The van der Waals surface area contributed by atoms with Gasteiger partial charge in [0.25, 0.3) is 0 Å². The first-order chi connectivity index (χ1) is 12.9. The number of nitrogens with one attached hydrogen (secondary N) is 2. The van der Waals surface area contributed by atoms with Gasteiger partial charge in [0, 0.05) is 6.54 Å². The fourth-order valence-corrected chi connectivity index (χ4v) is 3.87. The van der Waals surface area contributed by atoms with Crippen molar-refractivity contribution >= 4 is 15.9 Å². The summed E-state index contributed by atoms with van der Waals surface area (Å²) >= 11 is 0. The number of aryl methyl sites for hydroxylation is 1. The minimum atomic E-state index is -4.86. The van der Waals surface area contributed by atoms with Crippen LogP contribution in [0.5, 0.6) is 0 Å². The Balaban J connectivity index is 2.10. The lowest BCUT2D eigenvalue weighted by Gasteiger charge is -2.17. The number of alkyl halides is 3. The molecule has 0 saturated carbocycles. The first kappa shape index (κ1) is 21.8. The largest absolute Gasteiger partial charge is 0.417 e. The normalized spacial score (nSPS) is 13.2. The highest BCUT2D eigenvalue weighted by molar-refractivity contribution is 7.89. The van der Waals surface area contributed by atoms with Gasteiger partial charge in [0.05, 0.1) is 16.5 Å². The second-order valence-electron chi connectivity index (χ2n) is 6.14. The summed E-state index contributed by atoms with van der Waals surface area (Å²) in [6.07, 6.45) is -4.86. The molecule has 1 amide bonds. The molecule has 10 heteroatoms. The van der Waals surface area contributed by atoms with Crippen LogP contribution in [0.1, 0.15) is 23.6 Å². The lowest BCUT2D eigenvalue weighted by molar-refractivity contribution is -0.139. The van der Waals surface area contributed by atoms with E-state index in [-0.39, 0.29) is 6.54 Å². The molecule has 0 aliphatic heterocycles. The highest BCUT2D eigenvalue weighted by Crippen LogP contribution is 2.33. The van der Waals surface area contributed by atoms with Crippen molar-refractivity contribution < 1.29 is 30.8 Å². The third kappa shape index (κ3) is 5.29. The average Bonchev–Trinajstić information content (AvgIpc) is 2.61. The molecule has 0 aliphatic rings. The Labute approximate surface area is 159 Å². The van der Waals surface area contributed by atoms with Crippen LogP contribution in [-0.2, 0) is 27.5 Å². The molecule has 0 radical (unpaired) electrons. The maximum atomic E-state index is 13.2. The molecular formula is C18H18F4N2O3S. The molecule has 0 saturated heterocycles. The molecule has 152 valence electrons. The summed E-state index contributed by atoms with van der Waals surface area (Å²) in [5.74, 6) is -1.14. The van der Waals surface area contributed by atoms with E-state index in [0.717, 1.165) is 18.2 Å². The number of benzene rings is 2. The molecule has 28 heavy (non-hydrogen) atoms. The minimum Gasteiger partial charge on any atom is -0.351 e. The van der Waals surface area contributed by atoms with Crippen LogP contribution in [0.2, 0.25) is 0 Å². The predicted octanol–water partition coefficient (Wildman–Crippen LogP) is 3.14. The van der Waals surface area contributed by atoms with Crippen molar-refractivity contribution in [1.82, 2.24) is 10.0 Å². The summed E-state index contributed by atoms with van der Waals surface area (Å²) in [4.78, 5) is 11.2. The number of rotatable bonds is 6. The van der Waals surface area contributed by atoms with Crippen molar-refractivity contribution in [1.29, 1.82) is 0 Å². The molecular weight excluding hydrogens is 400 g/mol. The van der Waals surface area contributed by atoms with Crippen LogP contribution in [0.4, 0.5) is 17.6 Å². The lowest BCUT2D eigenvalue weighted by atomic mass is 10.1. The van der Waals surface area contributed by atoms with E-state index in [9.17, 15) is 30.8 Å². The number of carbonyl (C=O) groups excluding carboxylic acids is 1. The number of amides is 1. The van der Waals surface area contributed by atoms with Crippen molar-refractivity contribution in [3.05, 3.63) is 65.0 Å². The van der Waals surface area contributed by atoms with E-state index in [0.29, 0.717) is 17.2 Å². The Kier molecular flexibility index (Phi) is 6.45. The van der Waals surface area contributed by atoms with E-state index in [4.69, 9.17) is 0 Å². The van der Waals surface area contributed by atoms with Crippen molar-refractivity contribution in [2.75, 3.05) is 0 Å². The third-order valence-corrected chi connectivity index (χ3v) is 5.50. The molecule has 0 bridgehead atoms. The van der Waals surface area contributed by atoms with Gasteiger partial charge in [-0.1, -0.05) is 24.3 Å². The van der Waals surface area contributed by atoms with Gasteiger partial charge in [-0.05, 0) is 43.2 Å². The van der Waals surface area contributed by atoms with Gasteiger partial charge in [-0.2, -0.15) is 17.9 Å². The van der Waals surface area contributed by atoms with Gasteiger partial charge in [-0.15, -0.1) is 0 Å². The second-order valence-corrected chi connectivity index (χ2v) is 7.82. The highest BCUT2D eigenvalue weighted by Gasteiger charge is 2.37. The molecule has 1 unspecified atom stereocenters. The maximum Gasteiger partial charge on any atom is 0.417 e. The molecule has 2 aromatic carbocycles. The lowest BCUT2D eigenvalue weighted by Crippen LogP contribution is -2.44. The Morgan fingerprint density at radius 2 is 1.79 bits per heavy atom. The monoisotopic (exact) mass is 418 g/mol. The average molecular weight is 418 g/mol. The fourth-order valence-electron chi connectivity index (χ4n) is 2.44. The molecule has 5 nitrogen and oxygen atoms in total. The number of carbonyl (C=O) groups is 1. The first-order valence-corrected chi connectivity index (χ1v) is 9.61. The topological polar surface area (TPSA) is 75.3 Å². The van der Waals surface area contributed by atoms with Gasteiger partial charge in [0.15, 0.2) is 0 Å². The zero-order valence-corrected chi connectivity index (χ0v) is 15.8. The molecule has 0 aromatic heterocycles. The van der Waals surface area contributed by atoms with E-state index < -0.39 is 44.4 Å². The van der Waals surface area contributed by atoms with Gasteiger partial charge < -0.3 is 5.32 Å². The van der Waals surface area contributed by atoms with E-state index in [1.54, 1.807) is 6.92 Å². The number of hydrogen-bond donors (Lipinski definition) is 2. The Morgan fingerprint density at radius 3 is 2.39 bits per heavy atom. The smallest absolute Gasteiger partial charge is 0.351 e. The van der Waals surface area contributed by atoms with Gasteiger partial charge in [0.2, 0.25) is 15.9 Å². The van der Waals surface area contributed by atoms with Gasteiger partial charge >= 0.3 is 6.18 Å². The van der Waals surface area contributed by atoms with Gasteiger partial charge in [0.1, 0.15) is 5.82 Å². The molecule has 0 fully saturated rings. The summed E-state index contributed by atoms with van der Waals surface area (Å²) < 4.78 is 79.0. The summed E-state index contributed by atoms with van der Waals surface area (Å²) in [5, 5.41) is 2.45. The number of hydrogen-bond acceptors (Lipinski definition) is 3. The van der Waals surface area contributed by atoms with E-state index in [1.807, 2.05) is 4.72 Å². The first-order valence-electron chi connectivity index (χ1n) is 8.13. The molecule has 2 N–H and O–H groups in total. The Morgan fingerprint density at radius 1 is 1.14 bits per heavy atom. The van der Waals surface area contributed by atoms with Crippen LogP contribution in [0, 0.1) is 12.7 Å². The second kappa shape index (κ2) is 8.27. The van der Waals surface area contributed by atoms with Crippen LogP contribution in [0.15, 0.2) is 47.4 Å². The molecule has 1 atom stereocenters. The molecule has 2 rings (SSSR count). The third-order valence-electron chi connectivity index (χ3n) is 3.90. The van der Waals surface area contributed by atoms with Gasteiger partial charge in [-0.3, -0.25) is 4.79 Å². The zero-order chi connectivity index (χ0) is 21.1. The van der Waals surface area contributed by atoms with E-state index >= 15 is 0 Å². The summed E-state index contributed by atoms with van der Waals surface area (Å²) in [7, 11) is -4.59. The van der Waals surface area contributed by atoms with Crippen molar-refractivity contribution in [2.24, 2.45) is 0 Å². The number of halogens is 4. The van der Waals surface area contributed by atoms with Crippen molar-refractivity contribution in [3.63, 3.8) is 0 Å². The Bertz CT molecular complexity index is 975. The molecule has 0 spiro atoms. The Hall–Kier alpha value is -2.46. The molecule has 0 heterocycles. The van der Waals surface area contributed by atoms with Crippen LogP contribution >= 0.6 is 0 Å². The van der Waals surface area contributed by atoms with E-state index in [2.05, 4.69) is 5.32 Å². The fraction of sp³-hybridized carbons (Fsp3) is 0.278. The highest BCUT2D eigenvalue weighted by atomic mass is 32.2.